The van der Waals surface area contributed by atoms with Crippen molar-refractivity contribution in [1.82, 2.24) is 4.98 Å². The van der Waals surface area contributed by atoms with Gasteiger partial charge in [0, 0.05) is 11.6 Å². The summed E-state index contributed by atoms with van der Waals surface area (Å²) in [5, 5.41) is 11.6. The molecule has 0 fully saturated rings. The van der Waals surface area contributed by atoms with E-state index in [9.17, 15) is 10.1 Å². The van der Waals surface area contributed by atoms with E-state index < -0.39 is 4.92 Å². The van der Waals surface area contributed by atoms with Gasteiger partial charge in [-0.1, -0.05) is 34.8 Å². The normalized spacial score (nSPS) is 10.4. The minimum Gasteiger partial charge on any atom is -0.492 e. The molecule has 20 heavy (non-hydrogen) atoms. The molecular formula is C12H7Cl3N2O3. The van der Waals surface area contributed by atoms with Crippen molar-refractivity contribution in [1.29, 1.82) is 0 Å². The summed E-state index contributed by atoms with van der Waals surface area (Å²) in [5.41, 5.74) is 0.631. The van der Waals surface area contributed by atoms with E-state index in [1.165, 1.54) is 31.4 Å². The predicted molar refractivity (Wildman–Crippen MR) is 77.9 cm³/mol. The lowest BCUT2D eigenvalue weighted by Crippen LogP contribution is -1.97. The number of rotatable bonds is 3. The monoisotopic (exact) mass is 332 g/mol. The summed E-state index contributed by atoms with van der Waals surface area (Å²) in [6.07, 6.45) is 0. The second-order valence-corrected chi connectivity index (χ2v) is 4.95. The van der Waals surface area contributed by atoms with Gasteiger partial charge in [-0.3, -0.25) is 0 Å². The molecule has 2 rings (SSSR count). The molecule has 2 aromatic rings. The van der Waals surface area contributed by atoms with Crippen molar-refractivity contribution in [2.45, 2.75) is 0 Å². The smallest absolute Gasteiger partial charge is 0.364 e. The number of halogens is 3. The molecule has 104 valence electrons. The van der Waals surface area contributed by atoms with E-state index in [2.05, 4.69) is 4.98 Å². The molecule has 1 aromatic carbocycles. The quantitative estimate of drug-likeness (QED) is 0.467. The molecule has 0 unspecified atom stereocenters. The Labute approximate surface area is 129 Å². The third-order valence-corrected chi connectivity index (χ3v) is 3.55. The van der Waals surface area contributed by atoms with E-state index in [4.69, 9.17) is 39.5 Å². The van der Waals surface area contributed by atoms with Crippen LogP contribution in [0.3, 0.4) is 0 Å². The fraction of sp³-hybridized carbons (Fsp3) is 0.0833. The van der Waals surface area contributed by atoms with E-state index >= 15 is 0 Å². The van der Waals surface area contributed by atoms with Crippen LogP contribution in [0, 0.1) is 10.1 Å². The van der Waals surface area contributed by atoms with E-state index in [-0.39, 0.29) is 26.6 Å². The van der Waals surface area contributed by atoms with Crippen molar-refractivity contribution in [2.24, 2.45) is 0 Å². The number of nitrogens with zero attached hydrogens (tertiary/aromatic N) is 2. The molecule has 0 N–H and O–H groups in total. The molecule has 0 bridgehead atoms. The van der Waals surface area contributed by atoms with Gasteiger partial charge in [-0.15, -0.1) is 0 Å². The lowest BCUT2D eigenvalue weighted by atomic mass is 10.1. The highest BCUT2D eigenvalue weighted by Gasteiger charge is 2.21. The number of aromatic nitrogens is 1. The summed E-state index contributed by atoms with van der Waals surface area (Å²) in [6, 6.07) is 5.62. The largest absolute Gasteiger partial charge is 0.492 e. The number of hydrogen-bond donors (Lipinski definition) is 0. The number of hydrogen-bond acceptors (Lipinski definition) is 4. The molecule has 5 nitrogen and oxygen atoms in total. The zero-order chi connectivity index (χ0) is 14.9. The Morgan fingerprint density at radius 1 is 1.15 bits per heavy atom. The van der Waals surface area contributed by atoms with Crippen LogP contribution in [-0.2, 0) is 0 Å². The first-order valence-corrected chi connectivity index (χ1v) is 6.41. The summed E-state index contributed by atoms with van der Waals surface area (Å²) < 4.78 is 5.14. The number of pyridine rings is 1. The molecule has 0 saturated heterocycles. The Balaban J connectivity index is 2.70. The van der Waals surface area contributed by atoms with Crippen LogP contribution in [0.1, 0.15) is 0 Å². The number of ether oxygens (including phenoxy) is 1. The third-order valence-electron chi connectivity index (χ3n) is 2.52. The molecule has 0 saturated carbocycles. The average molecular weight is 334 g/mol. The van der Waals surface area contributed by atoms with Crippen molar-refractivity contribution in [3.8, 4) is 17.0 Å². The van der Waals surface area contributed by atoms with E-state index in [0.717, 1.165) is 0 Å². The summed E-state index contributed by atoms with van der Waals surface area (Å²) in [5.74, 6) is 0.0267. The molecule has 1 heterocycles. The van der Waals surface area contributed by atoms with Crippen molar-refractivity contribution in [3.05, 3.63) is 49.4 Å². The summed E-state index contributed by atoms with van der Waals surface area (Å²) in [4.78, 5) is 14.1. The molecule has 0 aliphatic heterocycles. The SMILES string of the molecule is COc1ccc([N+](=O)[O-])nc1-c1cc(Cl)c(Cl)cc1Cl. The molecule has 0 atom stereocenters. The van der Waals surface area contributed by atoms with Crippen molar-refractivity contribution < 1.29 is 9.66 Å². The van der Waals surface area contributed by atoms with Crippen LogP contribution in [0.15, 0.2) is 24.3 Å². The Kier molecular flexibility index (Phi) is 4.32. The lowest BCUT2D eigenvalue weighted by Gasteiger charge is -2.07. The second-order valence-electron chi connectivity index (χ2n) is 3.72. The second kappa shape index (κ2) is 5.83. The van der Waals surface area contributed by atoms with Crippen LogP contribution in [0.2, 0.25) is 15.1 Å². The topological polar surface area (TPSA) is 65.3 Å². The van der Waals surface area contributed by atoms with Gasteiger partial charge in [-0.05, 0) is 28.1 Å². The molecule has 1 aromatic heterocycles. The Morgan fingerprint density at radius 2 is 1.80 bits per heavy atom. The van der Waals surface area contributed by atoms with Gasteiger partial charge in [-0.25, -0.2) is 0 Å². The molecule has 0 aliphatic rings. The zero-order valence-corrected chi connectivity index (χ0v) is 12.3. The maximum Gasteiger partial charge on any atom is 0.364 e. The van der Waals surface area contributed by atoms with Crippen LogP contribution < -0.4 is 4.74 Å². The minimum absolute atomic E-state index is 0.227. The predicted octanol–water partition coefficient (Wildman–Crippen LogP) is 4.63. The van der Waals surface area contributed by atoms with Crippen LogP contribution >= 0.6 is 34.8 Å². The lowest BCUT2D eigenvalue weighted by molar-refractivity contribution is -0.389. The summed E-state index contributed by atoms with van der Waals surface area (Å²) in [6.45, 7) is 0. The molecule has 0 aliphatic carbocycles. The van der Waals surface area contributed by atoms with Crippen molar-refractivity contribution in [2.75, 3.05) is 7.11 Å². The first-order valence-electron chi connectivity index (χ1n) is 5.28. The minimum atomic E-state index is -0.603. The van der Waals surface area contributed by atoms with Gasteiger partial charge in [0.15, 0.2) is 5.75 Å². The van der Waals surface area contributed by atoms with E-state index in [0.29, 0.717) is 11.3 Å². The van der Waals surface area contributed by atoms with Crippen LogP contribution in [0.4, 0.5) is 5.82 Å². The van der Waals surface area contributed by atoms with E-state index in [1.807, 2.05) is 0 Å². The van der Waals surface area contributed by atoms with Gasteiger partial charge in [0.2, 0.25) is 5.69 Å². The molecule has 0 radical (unpaired) electrons. The van der Waals surface area contributed by atoms with E-state index in [1.54, 1.807) is 0 Å². The Hall–Kier alpha value is -1.56. The standard InChI is InChI=1S/C12H7Cl3N2O3/c1-20-10-2-3-11(17(18)19)16-12(10)6-4-8(14)9(15)5-7(6)13/h2-5H,1H3. The highest BCUT2D eigenvalue weighted by atomic mass is 35.5. The molecule has 8 heteroatoms. The fourth-order valence-corrected chi connectivity index (χ4v) is 2.24. The Bertz CT molecular complexity index is 692. The first-order chi connectivity index (χ1) is 9.43. The van der Waals surface area contributed by atoms with Gasteiger partial charge >= 0.3 is 5.82 Å². The van der Waals surface area contributed by atoms with Gasteiger partial charge in [-0.2, -0.15) is 0 Å². The molecular weight excluding hydrogens is 327 g/mol. The zero-order valence-electron chi connectivity index (χ0n) is 10.1. The highest BCUT2D eigenvalue weighted by Crippen LogP contribution is 2.38. The average Bonchev–Trinajstić information content (AvgIpc) is 2.42. The van der Waals surface area contributed by atoms with Gasteiger partial charge < -0.3 is 14.9 Å². The van der Waals surface area contributed by atoms with Crippen LogP contribution in [0.25, 0.3) is 11.3 Å². The van der Waals surface area contributed by atoms with Crippen molar-refractivity contribution >= 4 is 40.6 Å². The molecule has 0 amide bonds. The maximum atomic E-state index is 10.8. The Morgan fingerprint density at radius 3 is 2.40 bits per heavy atom. The highest BCUT2D eigenvalue weighted by molar-refractivity contribution is 6.44. The van der Waals surface area contributed by atoms with Crippen molar-refractivity contribution in [3.63, 3.8) is 0 Å². The van der Waals surface area contributed by atoms with Gasteiger partial charge in [0.05, 0.1) is 22.2 Å². The van der Waals surface area contributed by atoms with Gasteiger partial charge in [0.25, 0.3) is 0 Å². The fourth-order valence-electron chi connectivity index (χ4n) is 1.60. The number of nitro groups is 1. The maximum absolute atomic E-state index is 10.8. The number of benzene rings is 1. The summed E-state index contributed by atoms with van der Waals surface area (Å²) in [7, 11) is 1.43. The first kappa shape index (κ1) is 14.8. The summed E-state index contributed by atoms with van der Waals surface area (Å²) >= 11 is 17.9. The van der Waals surface area contributed by atoms with Crippen LogP contribution in [0.5, 0.6) is 5.75 Å². The third kappa shape index (κ3) is 2.80. The van der Waals surface area contributed by atoms with Gasteiger partial charge in [0.1, 0.15) is 0 Å². The molecule has 0 spiro atoms. The van der Waals surface area contributed by atoms with Crippen LogP contribution in [-0.4, -0.2) is 17.0 Å². The number of methoxy groups -OCH3 is 1.